The van der Waals surface area contributed by atoms with Gasteiger partial charge in [0.1, 0.15) is 8.07 Å². The van der Waals surface area contributed by atoms with E-state index in [-0.39, 0.29) is 5.69 Å². The summed E-state index contributed by atoms with van der Waals surface area (Å²) in [7, 11) is -1.79. The van der Waals surface area contributed by atoms with Gasteiger partial charge in [0.25, 0.3) is 5.69 Å². The fourth-order valence-electron chi connectivity index (χ4n) is 3.95. The zero-order valence-corrected chi connectivity index (χ0v) is 17.9. The summed E-state index contributed by atoms with van der Waals surface area (Å²) in [5.41, 5.74) is 7.04. The summed E-state index contributed by atoms with van der Waals surface area (Å²) in [6.07, 6.45) is 1.84. The Kier molecular flexibility index (Phi) is 6.55. The molecule has 0 radical (unpaired) electrons. The van der Waals surface area contributed by atoms with Crippen molar-refractivity contribution in [3.05, 3.63) is 51.8 Å². The maximum Gasteiger partial charge on any atom is 0.269 e. The molecular weight excluding hydrogens is 356 g/mol. The molecule has 0 unspecified atom stereocenters. The van der Waals surface area contributed by atoms with Crippen LogP contribution in [0, 0.1) is 21.6 Å². The molecule has 0 aliphatic rings. The molecule has 6 nitrogen and oxygen atoms in total. The molecule has 0 bridgehead atoms. The normalized spacial score (nSPS) is 11.7. The first-order valence-electron chi connectivity index (χ1n) is 9.33. The van der Waals surface area contributed by atoms with Crippen LogP contribution in [0.2, 0.25) is 16.6 Å². The van der Waals surface area contributed by atoms with E-state index in [2.05, 4.69) is 63.3 Å². The number of nitrogens with zero attached hydrogens (tertiary/aromatic N) is 4. The van der Waals surface area contributed by atoms with Crippen molar-refractivity contribution in [3.63, 3.8) is 0 Å². The Morgan fingerprint density at radius 1 is 1.07 bits per heavy atom. The zero-order chi connectivity index (χ0) is 20.2. The van der Waals surface area contributed by atoms with Gasteiger partial charge in [-0.25, -0.2) is 4.68 Å². The average molecular weight is 385 g/mol. The van der Waals surface area contributed by atoms with E-state index >= 15 is 0 Å². The van der Waals surface area contributed by atoms with Crippen molar-refractivity contribution in [1.82, 2.24) is 15.0 Å². The summed E-state index contributed by atoms with van der Waals surface area (Å²) >= 11 is 0. The predicted molar refractivity (Wildman–Crippen MR) is 110 cm³/mol. The fraction of sp³-hybridized carbons (Fsp3) is 0.500. The van der Waals surface area contributed by atoms with Crippen LogP contribution in [0.1, 0.15) is 52.8 Å². The van der Waals surface area contributed by atoms with Crippen molar-refractivity contribution in [2.24, 2.45) is 0 Å². The van der Waals surface area contributed by atoms with Crippen molar-refractivity contribution in [3.8, 4) is 11.5 Å². The van der Waals surface area contributed by atoms with Crippen molar-refractivity contribution >= 4 is 13.8 Å². The number of hydrogen-bond acceptors (Lipinski definition) is 4. The highest BCUT2D eigenvalue weighted by Crippen LogP contribution is 2.40. The molecular formula is C20H28N4O2Si. The standard InChI is InChI=1S/C20H28N4O2Si/c1-15(2)27(16(3)4,17(5)6)12-11-19-14-23(22-21-19)13-18-7-9-20(10-8-18)24(25)26/h7-10,14-17H,13H2,1-6H3. The summed E-state index contributed by atoms with van der Waals surface area (Å²) in [4.78, 5) is 10.3. The molecule has 2 aromatic rings. The third-order valence-corrected chi connectivity index (χ3v) is 11.6. The molecule has 144 valence electrons. The number of nitro benzene ring substituents is 1. The van der Waals surface area contributed by atoms with Crippen LogP contribution in [-0.4, -0.2) is 28.0 Å². The number of benzene rings is 1. The van der Waals surface area contributed by atoms with Crippen LogP contribution in [0.25, 0.3) is 0 Å². The Morgan fingerprint density at radius 3 is 2.11 bits per heavy atom. The minimum atomic E-state index is -1.79. The van der Waals surface area contributed by atoms with Crippen LogP contribution >= 0.6 is 0 Å². The van der Waals surface area contributed by atoms with E-state index in [1.54, 1.807) is 16.8 Å². The molecule has 1 heterocycles. The first-order chi connectivity index (χ1) is 12.7. The summed E-state index contributed by atoms with van der Waals surface area (Å²) in [5, 5.41) is 19.1. The zero-order valence-electron chi connectivity index (χ0n) is 16.9. The van der Waals surface area contributed by atoms with Crippen LogP contribution < -0.4 is 0 Å². The fourth-order valence-corrected chi connectivity index (χ4v) is 9.16. The molecule has 0 aliphatic heterocycles. The van der Waals surface area contributed by atoms with Gasteiger partial charge in [-0.15, -0.1) is 10.6 Å². The van der Waals surface area contributed by atoms with Crippen LogP contribution in [0.3, 0.4) is 0 Å². The first kappa shape index (κ1) is 20.8. The minimum absolute atomic E-state index is 0.0845. The van der Waals surface area contributed by atoms with E-state index in [4.69, 9.17) is 0 Å². The van der Waals surface area contributed by atoms with E-state index in [0.29, 0.717) is 28.9 Å². The SMILES string of the molecule is CC(C)[Si](C#Cc1cn(Cc2ccc([N+](=O)[O-])cc2)nn1)(C(C)C)C(C)C. The second-order valence-electron chi connectivity index (χ2n) is 7.87. The number of rotatable bonds is 6. The van der Waals surface area contributed by atoms with E-state index < -0.39 is 13.0 Å². The van der Waals surface area contributed by atoms with Gasteiger partial charge in [-0.2, -0.15) is 0 Å². The Morgan fingerprint density at radius 2 is 1.63 bits per heavy atom. The van der Waals surface area contributed by atoms with Crippen LogP contribution in [-0.2, 0) is 6.54 Å². The molecule has 0 amide bonds. The molecule has 27 heavy (non-hydrogen) atoms. The molecule has 0 fully saturated rings. The highest BCUT2D eigenvalue weighted by molar-refractivity contribution is 6.90. The third kappa shape index (κ3) is 4.63. The summed E-state index contributed by atoms with van der Waals surface area (Å²) in [6, 6.07) is 6.47. The maximum atomic E-state index is 10.7. The van der Waals surface area contributed by atoms with Gasteiger partial charge in [-0.1, -0.05) is 64.8 Å². The Hall–Kier alpha value is -2.46. The van der Waals surface area contributed by atoms with Crippen molar-refractivity contribution in [2.75, 3.05) is 0 Å². The Bertz CT molecular complexity index is 823. The van der Waals surface area contributed by atoms with Gasteiger partial charge >= 0.3 is 0 Å². The second-order valence-corrected chi connectivity index (χ2v) is 13.5. The van der Waals surface area contributed by atoms with Gasteiger partial charge in [0, 0.05) is 12.1 Å². The molecule has 0 N–H and O–H groups in total. The number of nitro groups is 1. The first-order valence-corrected chi connectivity index (χ1v) is 11.6. The van der Waals surface area contributed by atoms with Crippen molar-refractivity contribution in [2.45, 2.75) is 64.7 Å². The lowest BCUT2D eigenvalue weighted by Gasteiger charge is -2.37. The van der Waals surface area contributed by atoms with E-state index in [0.717, 1.165) is 5.56 Å². The van der Waals surface area contributed by atoms with Crippen LogP contribution in [0.4, 0.5) is 5.69 Å². The monoisotopic (exact) mass is 384 g/mol. The molecule has 0 saturated carbocycles. The van der Waals surface area contributed by atoms with Gasteiger partial charge in [0.15, 0.2) is 5.69 Å². The van der Waals surface area contributed by atoms with Gasteiger partial charge in [0.05, 0.1) is 17.7 Å². The molecule has 2 rings (SSSR count). The number of hydrogen-bond donors (Lipinski definition) is 0. The summed E-state index contributed by atoms with van der Waals surface area (Å²) < 4.78 is 1.72. The van der Waals surface area contributed by atoms with Gasteiger partial charge < -0.3 is 0 Å². The Balaban J connectivity index is 2.21. The van der Waals surface area contributed by atoms with Gasteiger partial charge in [-0.3, -0.25) is 10.1 Å². The number of non-ortho nitro benzene ring substituents is 1. The second kappa shape index (κ2) is 8.48. The third-order valence-electron chi connectivity index (χ3n) is 5.30. The maximum absolute atomic E-state index is 10.7. The summed E-state index contributed by atoms with van der Waals surface area (Å²) in [5.74, 6) is 3.29. The van der Waals surface area contributed by atoms with Crippen molar-refractivity contribution < 1.29 is 4.92 Å². The Labute approximate surface area is 162 Å². The van der Waals surface area contributed by atoms with Crippen LogP contribution in [0.15, 0.2) is 30.5 Å². The topological polar surface area (TPSA) is 73.8 Å². The molecule has 0 saturated heterocycles. The molecule has 0 aliphatic carbocycles. The molecule has 0 spiro atoms. The number of aromatic nitrogens is 3. The van der Waals surface area contributed by atoms with E-state index in [9.17, 15) is 10.1 Å². The summed E-state index contributed by atoms with van der Waals surface area (Å²) in [6.45, 7) is 14.2. The molecule has 7 heteroatoms. The quantitative estimate of drug-likeness (QED) is 0.310. The largest absolute Gasteiger partial charge is 0.269 e. The molecule has 0 atom stereocenters. The van der Waals surface area contributed by atoms with Crippen molar-refractivity contribution in [1.29, 1.82) is 0 Å². The average Bonchev–Trinajstić information content (AvgIpc) is 3.02. The van der Waals surface area contributed by atoms with Gasteiger partial charge in [-0.05, 0) is 22.2 Å². The predicted octanol–water partition coefficient (Wildman–Crippen LogP) is 4.80. The lowest BCUT2D eigenvalue weighted by molar-refractivity contribution is -0.384. The smallest absolute Gasteiger partial charge is 0.258 e. The highest BCUT2D eigenvalue weighted by Gasteiger charge is 2.41. The highest BCUT2D eigenvalue weighted by atomic mass is 28.3. The van der Waals surface area contributed by atoms with E-state index in [1.807, 2.05) is 6.20 Å². The lowest BCUT2D eigenvalue weighted by Crippen LogP contribution is -2.43. The van der Waals surface area contributed by atoms with E-state index in [1.165, 1.54) is 12.1 Å². The van der Waals surface area contributed by atoms with Gasteiger partial charge in [0.2, 0.25) is 0 Å². The lowest BCUT2D eigenvalue weighted by atomic mass is 10.2. The van der Waals surface area contributed by atoms with Crippen LogP contribution in [0.5, 0.6) is 0 Å². The minimum Gasteiger partial charge on any atom is -0.258 e. The molecule has 1 aromatic heterocycles. The molecule has 1 aromatic carbocycles.